The number of unbranched alkanes of at least 4 members (excludes halogenated alkanes) is 3. The fourth-order valence-corrected chi connectivity index (χ4v) is 2.26. The number of hydrogen-bond donors (Lipinski definition) is 2. The number of guanidine groups is 1. The summed E-state index contributed by atoms with van der Waals surface area (Å²) in [6.07, 6.45) is 4.81. The van der Waals surface area contributed by atoms with Crippen molar-refractivity contribution in [1.29, 1.82) is 0 Å². The predicted molar refractivity (Wildman–Crippen MR) is 91.5 cm³/mol. The first-order chi connectivity index (χ1) is 10.5. The molecule has 5 heteroatoms. The van der Waals surface area contributed by atoms with Gasteiger partial charge in [-0.15, -0.1) is 0 Å². The zero-order chi connectivity index (χ0) is 16.4. The molecule has 0 radical (unpaired) electrons. The van der Waals surface area contributed by atoms with Crippen LogP contribution < -0.4 is 11.1 Å². The van der Waals surface area contributed by atoms with Gasteiger partial charge >= 0.3 is 0 Å². The molecule has 0 aliphatic rings. The Morgan fingerprint density at radius 3 is 2.50 bits per heavy atom. The van der Waals surface area contributed by atoms with Crippen LogP contribution in [0.4, 0.5) is 4.39 Å². The van der Waals surface area contributed by atoms with E-state index in [-0.39, 0.29) is 11.9 Å². The van der Waals surface area contributed by atoms with Crippen LogP contribution in [-0.2, 0) is 0 Å². The Balaban J connectivity index is 2.49. The molecule has 1 aromatic carbocycles. The van der Waals surface area contributed by atoms with Crippen molar-refractivity contribution in [2.24, 2.45) is 10.7 Å². The summed E-state index contributed by atoms with van der Waals surface area (Å²) in [5, 5.41) is 3.15. The Labute approximate surface area is 133 Å². The number of rotatable bonds is 9. The predicted octanol–water partition coefficient (Wildman–Crippen LogP) is 2.91. The minimum atomic E-state index is -0.224. The summed E-state index contributed by atoms with van der Waals surface area (Å²) >= 11 is 0. The van der Waals surface area contributed by atoms with Gasteiger partial charge < -0.3 is 16.0 Å². The fourth-order valence-electron chi connectivity index (χ4n) is 2.26. The molecule has 0 saturated heterocycles. The second-order valence-electron chi connectivity index (χ2n) is 5.74. The minimum absolute atomic E-state index is 0.0843. The van der Waals surface area contributed by atoms with Crippen LogP contribution in [0.5, 0.6) is 0 Å². The van der Waals surface area contributed by atoms with E-state index < -0.39 is 0 Å². The lowest BCUT2D eigenvalue weighted by molar-refractivity contribution is 0.306. The lowest BCUT2D eigenvalue weighted by Crippen LogP contribution is -2.33. The van der Waals surface area contributed by atoms with Crippen molar-refractivity contribution >= 4 is 5.96 Å². The number of hydrogen-bond acceptors (Lipinski definition) is 2. The highest BCUT2D eigenvalue weighted by atomic mass is 19.1. The average Bonchev–Trinajstić information content (AvgIpc) is 2.48. The zero-order valence-corrected chi connectivity index (χ0v) is 14.0. The van der Waals surface area contributed by atoms with Crippen LogP contribution >= 0.6 is 0 Å². The van der Waals surface area contributed by atoms with Crippen LogP contribution in [-0.4, -0.2) is 38.0 Å². The maximum Gasteiger partial charge on any atom is 0.188 e. The van der Waals surface area contributed by atoms with Crippen molar-refractivity contribution in [2.45, 2.75) is 38.6 Å². The van der Waals surface area contributed by atoms with Gasteiger partial charge in [0.25, 0.3) is 0 Å². The summed E-state index contributed by atoms with van der Waals surface area (Å²) in [6.45, 7) is 3.60. The first-order valence-corrected chi connectivity index (χ1v) is 8.00. The minimum Gasteiger partial charge on any atom is -0.370 e. The van der Waals surface area contributed by atoms with Crippen LogP contribution in [0.2, 0.25) is 0 Å². The van der Waals surface area contributed by atoms with Gasteiger partial charge in [-0.2, -0.15) is 0 Å². The van der Waals surface area contributed by atoms with E-state index in [1.165, 1.54) is 31.4 Å². The first kappa shape index (κ1) is 18.4. The molecule has 0 spiro atoms. The van der Waals surface area contributed by atoms with Gasteiger partial charge in [0.05, 0.1) is 12.6 Å². The van der Waals surface area contributed by atoms with Gasteiger partial charge in [0.1, 0.15) is 5.82 Å². The lowest BCUT2D eigenvalue weighted by atomic mass is 10.1. The van der Waals surface area contributed by atoms with E-state index in [4.69, 9.17) is 5.73 Å². The smallest absolute Gasteiger partial charge is 0.188 e. The highest BCUT2D eigenvalue weighted by Gasteiger charge is 2.13. The Morgan fingerprint density at radius 1 is 1.23 bits per heavy atom. The molecule has 0 heterocycles. The molecule has 0 aliphatic carbocycles. The van der Waals surface area contributed by atoms with Crippen LogP contribution in [0, 0.1) is 5.82 Å². The van der Waals surface area contributed by atoms with Crippen LogP contribution in [0.15, 0.2) is 29.3 Å². The molecule has 4 nitrogen and oxygen atoms in total. The number of likely N-dealkylation sites (N-methyl/N-ethyl adjacent to an activating group) is 1. The third-order valence-corrected chi connectivity index (χ3v) is 3.65. The van der Waals surface area contributed by atoms with E-state index >= 15 is 0 Å². The second kappa shape index (κ2) is 10.2. The fraction of sp³-hybridized carbons (Fsp3) is 0.588. The monoisotopic (exact) mass is 308 g/mol. The van der Waals surface area contributed by atoms with Gasteiger partial charge in [0, 0.05) is 6.54 Å². The molecule has 1 unspecified atom stereocenters. The maximum absolute atomic E-state index is 13.0. The largest absolute Gasteiger partial charge is 0.370 e. The topological polar surface area (TPSA) is 53.6 Å². The molecule has 3 N–H and O–H groups in total. The van der Waals surface area contributed by atoms with Crippen molar-refractivity contribution in [3.05, 3.63) is 35.6 Å². The Bertz CT molecular complexity index is 442. The highest BCUT2D eigenvalue weighted by Crippen LogP contribution is 2.18. The van der Waals surface area contributed by atoms with Gasteiger partial charge in [-0.25, -0.2) is 4.39 Å². The van der Waals surface area contributed by atoms with Crippen molar-refractivity contribution in [2.75, 3.05) is 27.2 Å². The molecule has 0 bridgehead atoms. The summed E-state index contributed by atoms with van der Waals surface area (Å²) in [4.78, 5) is 6.47. The van der Waals surface area contributed by atoms with E-state index in [2.05, 4.69) is 22.1 Å². The van der Waals surface area contributed by atoms with Gasteiger partial charge in [-0.3, -0.25) is 4.99 Å². The molecular weight excluding hydrogens is 279 g/mol. The number of aliphatic imine (C=N–C) groups is 1. The summed E-state index contributed by atoms with van der Waals surface area (Å²) < 4.78 is 13.0. The number of nitrogens with two attached hydrogens (primary N) is 1. The van der Waals surface area contributed by atoms with Crippen LogP contribution in [0.25, 0.3) is 0 Å². The Kier molecular flexibility index (Phi) is 8.51. The lowest BCUT2D eigenvalue weighted by Gasteiger charge is -2.23. The van der Waals surface area contributed by atoms with Crippen molar-refractivity contribution < 1.29 is 4.39 Å². The first-order valence-electron chi connectivity index (χ1n) is 8.00. The van der Waals surface area contributed by atoms with Crippen molar-refractivity contribution in [3.8, 4) is 0 Å². The number of benzene rings is 1. The molecule has 1 aromatic rings. The van der Waals surface area contributed by atoms with E-state index in [1.807, 2.05) is 14.1 Å². The molecule has 22 heavy (non-hydrogen) atoms. The van der Waals surface area contributed by atoms with Gasteiger partial charge in [0.2, 0.25) is 0 Å². The van der Waals surface area contributed by atoms with E-state index in [0.717, 1.165) is 18.5 Å². The average molecular weight is 308 g/mol. The van der Waals surface area contributed by atoms with E-state index in [0.29, 0.717) is 12.5 Å². The molecule has 0 fully saturated rings. The molecule has 1 rings (SSSR count). The molecule has 0 saturated carbocycles. The van der Waals surface area contributed by atoms with E-state index in [1.54, 1.807) is 12.1 Å². The number of nitrogens with zero attached hydrogens (tertiary/aromatic N) is 2. The quantitative estimate of drug-likeness (QED) is 0.419. The maximum atomic E-state index is 13.0. The third kappa shape index (κ3) is 6.89. The van der Waals surface area contributed by atoms with Crippen LogP contribution in [0.1, 0.15) is 44.2 Å². The van der Waals surface area contributed by atoms with Crippen molar-refractivity contribution in [3.63, 3.8) is 0 Å². The molecule has 0 aromatic heterocycles. The Hall–Kier alpha value is -1.62. The molecule has 0 aliphatic heterocycles. The van der Waals surface area contributed by atoms with E-state index in [9.17, 15) is 4.39 Å². The van der Waals surface area contributed by atoms with Gasteiger partial charge in [-0.05, 0) is 38.2 Å². The number of halogens is 1. The van der Waals surface area contributed by atoms with Gasteiger partial charge in [-0.1, -0.05) is 38.3 Å². The Morgan fingerprint density at radius 2 is 1.91 bits per heavy atom. The molecular formula is C17H29FN4. The van der Waals surface area contributed by atoms with Crippen LogP contribution in [0.3, 0.4) is 0 Å². The molecule has 0 amide bonds. The summed E-state index contributed by atoms with van der Waals surface area (Å²) in [7, 11) is 3.97. The highest BCUT2D eigenvalue weighted by molar-refractivity contribution is 5.77. The SMILES string of the molecule is CCCCCCNC(N)=NCC(c1ccc(F)cc1)N(C)C. The van der Waals surface area contributed by atoms with Crippen molar-refractivity contribution in [1.82, 2.24) is 10.2 Å². The summed E-state index contributed by atoms with van der Waals surface area (Å²) in [6, 6.07) is 6.63. The summed E-state index contributed by atoms with van der Waals surface area (Å²) in [5.74, 6) is 0.253. The normalized spacial score (nSPS) is 13.4. The standard InChI is InChI=1S/C17H29FN4/c1-4-5-6-7-12-20-17(19)21-13-16(22(2)3)14-8-10-15(18)11-9-14/h8-11,16H,4-7,12-13H2,1-3H3,(H3,19,20,21). The number of nitrogens with one attached hydrogen (secondary N) is 1. The molecule has 124 valence electrons. The summed E-state index contributed by atoms with van der Waals surface area (Å²) in [5.41, 5.74) is 6.93. The third-order valence-electron chi connectivity index (χ3n) is 3.65. The zero-order valence-electron chi connectivity index (χ0n) is 14.0. The van der Waals surface area contributed by atoms with Gasteiger partial charge in [0.15, 0.2) is 5.96 Å². The second-order valence-corrected chi connectivity index (χ2v) is 5.74. The molecule has 1 atom stereocenters.